The molecule has 1 aromatic heterocycles. The van der Waals surface area contributed by atoms with Gasteiger partial charge in [-0.15, -0.1) is 0 Å². The molecule has 0 bridgehead atoms. The van der Waals surface area contributed by atoms with Crippen LogP contribution in [0.4, 0.5) is 5.69 Å². The molecule has 0 fully saturated rings. The Bertz CT molecular complexity index is 887. The number of ether oxygens (including phenoxy) is 2. The number of fused-ring (bicyclic) bond motifs is 1. The number of rotatable bonds is 5. The van der Waals surface area contributed by atoms with Crippen LogP contribution >= 0.6 is 0 Å². The SMILES string of the molecule is COc1cccc(NCc2cc3ccc(OC)cc3[nH]c2=O)c1. The molecule has 23 heavy (non-hydrogen) atoms. The lowest BCUT2D eigenvalue weighted by molar-refractivity contribution is 0.415. The summed E-state index contributed by atoms with van der Waals surface area (Å²) in [4.78, 5) is 15.1. The predicted octanol–water partition coefficient (Wildman–Crippen LogP) is 3.16. The molecule has 0 aliphatic carbocycles. The third-order valence-corrected chi connectivity index (χ3v) is 3.68. The van der Waals surface area contributed by atoms with Gasteiger partial charge < -0.3 is 19.8 Å². The summed E-state index contributed by atoms with van der Waals surface area (Å²) in [6.45, 7) is 0.435. The third-order valence-electron chi connectivity index (χ3n) is 3.68. The summed E-state index contributed by atoms with van der Waals surface area (Å²) in [6, 6.07) is 15.1. The number of anilines is 1. The van der Waals surface area contributed by atoms with Gasteiger partial charge in [-0.25, -0.2) is 0 Å². The van der Waals surface area contributed by atoms with Crippen LogP contribution in [-0.2, 0) is 6.54 Å². The van der Waals surface area contributed by atoms with E-state index in [-0.39, 0.29) is 5.56 Å². The third kappa shape index (κ3) is 3.29. The first-order valence-corrected chi connectivity index (χ1v) is 7.27. The summed E-state index contributed by atoms with van der Waals surface area (Å²) in [5.74, 6) is 1.49. The van der Waals surface area contributed by atoms with Crippen molar-refractivity contribution in [1.29, 1.82) is 0 Å². The Morgan fingerprint density at radius 1 is 1.00 bits per heavy atom. The Morgan fingerprint density at radius 2 is 1.78 bits per heavy atom. The van der Waals surface area contributed by atoms with Crippen LogP contribution in [0.2, 0.25) is 0 Å². The van der Waals surface area contributed by atoms with E-state index >= 15 is 0 Å². The van der Waals surface area contributed by atoms with E-state index in [2.05, 4.69) is 10.3 Å². The van der Waals surface area contributed by atoms with E-state index in [1.165, 1.54) is 0 Å². The molecule has 0 amide bonds. The average molecular weight is 310 g/mol. The van der Waals surface area contributed by atoms with E-state index in [1.54, 1.807) is 14.2 Å². The normalized spacial score (nSPS) is 10.5. The summed E-state index contributed by atoms with van der Waals surface area (Å²) < 4.78 is 10.4. The molecular weight excluding hydrogens is 292 g/mol. The second-order valence-electron chi connectivity index (χ2n) is 5.16. The van der Waals surface area contributed by atoms with Crippen LogP contribution in [0.25, 0.3) is 10.9 Å². The van der Waals surface area contributed by atoms with Gasteiger partial charge in [0, 0.05) is 29.9 Å². The number of benzene rings is 2. The van der Waals surface area contributed by atoms with Gasteiger partial charge in [-0.05, 0) is 35.7 Å². The number of H-pyrrole nitrogens is 1. The van der Waals surface area contributed by atoms with E-state index in [4.69, 9.17) is 9.47 Å². The molecule has 0 aliphatic rings. The molecule has 0 spiro atoms. The molecule has 0 atom stereocenters. The first-order chi connectivity index (χ1) is 11.2. The van der Waals surface area contributed by atoms with Crippen LogP contribution in [0.1, 0.15) is 5.56 Å². The van der Waals surface area contributed by atoms with E-state index in [0.717, 1.165) is 28.1 Å². The minimum absolute atomic E-state index is 0.110. The van der Waals surface area contributed by atoms with Crippen LogP contribution in [0.15, 0.2) is 53.3 Å². The van der Waals surface area contributed by atoms with Gasteiger partial charge in [-0.3, -0.25) is 4.79 Å². The Kier molecular flexibility index (Phi) is 4.19. The van der Waals surface area contributed by atoms with Crippen molar-refractivity contribution in [3.05, 3.63) is 64.4 Å². The summed E-state index contributed by atoms with van der Waals surface area (Å²) in [6.07, 6.45) is 0. The molecule has 0 aliphatic heterocycles. The lowest BCUT2D eigenvalue weighted by Crippen LogP contribution is -2.15. The highest BCUT2D eigenvalue weighted by Gasteiger charge is 2.05. The lowest BCUT2D eigenvalue weighted by Gasteiger charge is -2.09. The van der Waals surface area contributed by atoms with Gasteiger partial charge in [0.05, 0.1) is 19.7 Å². The van der Waals surface area contributed by atoms with Gasteiger partial charge >= 0.3 is 0 Å². The zero-order chi connectivity index (χ0) is 16.2. The standard InChI is InChI=1S/C18H18N2O3/c1-22-15-5-3-4-14(9-15)19-11-13-8-12-6-7-16(23-2)10-17(12)20-18(13)21/h3-10,19H,11H2,1-2H3,(H,20,21). The fraction of sp³-hybridized carbons (Fsp3) is 0.167. The van der Waals surface area contributed by atoms with E-state index < -0.39 is 0 Å². The zero-order valence-corrected chi connectivity index (χ0v) is 13.1. The highest BCUT2D eigenvalue weighted by atomic mass is 16.5. The highest BCUT2D eigenvalue weighted by molar-refractivity contribution is 5.80. The topological polar surface area (TPSA) is 63.4 Å². The second-order valence-corrected chi connectivity index (χ2v) is 5.16. The second kappa shape index (κ2) is 6.44. The average Bonchev–Trinajstić information content (AvgIpc) is 2.59. The Morgan fingerprint density at radius 3 is 2.57 bits per heavy atom. The molecule has 5 heteroatoms. The molecule has 3 rings (SSSR count). The Hall–Kier alpha value is -2.95. The van der Waals surface area contributed by atoms with E-state index in [0.29, 0.717) is 12.1 Å². The van der Waals surface area contributed by atoms with E-state index in [1.807, 2.05) is 48.5 Å². The van der Waals surface area contributed by atoms with Crippen LogP contribution in [0, 0.1) is 0 Å². The Balaban J connectivity index is 1.85. The number of hydrogen-bond donors (Lipinski definition) is 2. The number of hydrogen-bond acceptors (Lipinski definition) is 4. The molecule has 118 valence electrons. The largest absolute Gasteiger partial charge is 0.497 e. The summed E-state index contributed by atoms with van der Waals surface area (Å²) in [5.41, 5.74) is 2.23. The highest BCUT2D eigenvalue weighted by Crippen LogP contribution is 2.20. The molecule has 5 nitrogen and oxygen atoms in total. The fourth-order valence-corrected chi connectivity index (χ4v) is 2.41. The maximum absolute atomic E-state index is 12.2. The molecule has 0 unspecified atom stereocenters. The molecule has 2 aromatic carbocycles. The number of aromatic amines is 1. The van der Waals surface area contributed by atoms with Crippen LogP contribution in [0.3, 0.4) is 0 Å². The minimum Gasteiger partial charge on any atom is -0.497 e. The van der Waals surface area contributed by atoms with Crippen molar-refractivity contribution in [2.75, 3.05) is 19.5 Å². The van der Waals surface area contributed by atoms with Crippen molar-refractivity contribution >= 4 is 16.6 Å². The molecule has 0 radical (unpaired) electrons. The molecule has 0 saturated heterocycles. The van der Waals surface area contributed by atoms with Crippen molar-refractivity contribution in [1.82, 2.24) is 4.98 Å². The molecule has 2 N–H and O–H groups in total. The van der Waals surface area contributed by atoms with Crippen LogP contribution in [0.5, 0.6) is 11.5 Å². The maximum Gasteiger partial charge on any atom is 0.253 e. The Labute approximate surface area is 133 Å². The molecule has 0 saturated carbocycles. The van der Waals surface area contributed by atoms with Gasteiger partial charge in [0.25, 0.3) is 5.56 Å². The van der Waals surface area contributed by atoms with Crippen LogP contribution < -0.4 is 20.3 Å². The smallest absolute Gasteiger partial charge is 0.253 e. The van der Waals surface area contributed by atoms with Gasteiger partial charge in [-0.2, -0.15) is 0 Å². The first-order valence-electron chi connectivity index (χ1n) is 7.27. The van der Waals surface area contributed by atoms with Crippen molar-refractivity contribution in [2.24, 2.45) is 0 Å². The summed E-state index contributed by atoms with van der Waals surface area (Å²) in [7, 11) is 3.23. The van der Waals surface area contributed by atoms with Gasteiger partial charge in [0.1, 0.15) is 11.5 Å². The van der Waals surface area contributed by atoms with Crippen molar-refractivity contribution in [3.63, 3.8) is 0 Å². The zero-order valence-electron chi connectivity index (χ0n) is 13.1. The number of methoxy groups -OCH3 is 2. The summed E-state index contributed by atoms with van der Waals surface area (Å²) in [5, 5.41) is 4.20. The lowest BCUT2D eigenvalue weighted by atomic mass is 10.1. The molecule has 1 heterocycles. The molecular formula is C18H18N2O3. The van der Waals surface area contributed by atoms with Gasteiger partial charge in [-0.1, -0.05) is 6.07 Å². The monoisotopic (exact) mass is 310 g/mol. The van der Waals surface area contributed by atoms with Crippen molar-refractivity contribution < 1.29 is 9.47 Å². The van der Waals surface area contributed by atoms with Crippen LogP contribution in [-0.4, -0.2) is 19.2 Å². The summed E-state index contributed by atoms with van der Waals surface area (Å²) >= 11 is 0. The molecule has 3 aromatic rings. The van der Waals surface area contributed by atoms with Gasteiger partial charge in [0.15, 0.2) is 0 Å². The van der Waals surface area contributed by atoms with Gasteiger partial charge in [0.2, 0.25) is 0 Å². The minimum atomic E-state index is -0.110. The first kappa shape index (κ1) is 15.0. The fourth-order valence-electron chi connectivity index (χ4n) is 2.41. The number of aromatic nitrogens is 1. The number of nitrogens with one attached hydrogen (secondary N) is 2. The number of pyridine rings is 1. The van der Waals surface area contributed by atoms with Crippen molar-refractivity contribution in [2.45, 2.75) is 6.54 Å². The predicted molar refractivity (Wildman–Crippen MR) is 91.4 cm³/mol. The maximum atomic E-state index is 12.2. The van der Waals surface area contributed by atoms with Crippen molar-refractivity contribution in [3.8, 4) is 11.5 Å². The quantitative estimate of drug-likeness (QED) is 0.760. The van der Waals surface area contributed by atoms with E-state index in [9.17, 15) is 4.79 Å².